The molecular formula is C3H2BrIN2. The summed E-state index contributed by atoms with van der Waals surface area (Å²) in [6, 6.07) is 0. The van der Waals surface area contributed by atoms with Crippen LogP contribution in [0.5, 0.6) is 0 Å². The summed E-state index contributed by atoms with van der Waals surface area (Å²) in [5.74, 6) is 0. The Morgan fingerprint density at radius 1 is 1.86 bits per heavy atom. The van der Waals surface area contributed by atoms with Gasteiger partial charge in [-0.05, 0) is 38.5 Å². The van der Waals surface area contributed by atoms with Crippen molar-refractivity contribution in [2.45, 2.75) is 0 Å². The van der Waals surface area contributed by atoms with Gasteiger partial charge >= 0.3 is 0 Å². The fourth-order valence-electron chi connectivity index (χ4n) is 0.276. The highest BCUT2D eigenvalue weighted by molar-refractivity contribution is 14.1. The molecular weight excluding hydrogens is 271 g/mol. The lowest BCUT2D eigenvalue weighted by Gasteiger charge is -1.70. The van der Waals surface area contributed by atoms with Gasteiger partial charge in [0.15, 0.2) is 4.73 Å². The number of H-pyrrole nitrogens is 1. The molecule has 0 aliphatic carbocycles. The van der Waals surface area contributed by atoms with Crippen molar-refractivity contribution in [1.82, 2.24) is 9.97 Å². The molecule has 0 bridgehead atoms. The average Bonchev–Trinajstić information content (AvgIpc) is 1.87. The topological polar surface area (TPSA) is 28.7 Å². The molecule has 1 rings (SSSR count). The zero-order chi connectivity index (χ0) is 5.28. The van der Waals surface area contributed by atoms with Gasteiger partial charge in [0.2, 0.25) is 0 Å². The van der Waals surface area contributed by atoms with Crippen LogP contribution in [0.25, 0.3) is 0 Å². The van der Waals surface area contributed by atoms with E-state index in [-0.39, 0.29) is 0 Å². The van der Waals surface area contributed by atoms with Crippen molar-refractivity contribution in [2.75, 3.05) is 0 Å². The highest BCUT2D eigenvalue weighted by atomic mass is 127. The molecule has 0 aromatic carbocycles. The Hall–Kier alpha value is 0.420. The van der Waals surface area contributed by atoms with E-state index in [2.05, 4.69) is 48.5 Å². The van der Waals surface area contributed by atoms with Crippen molar-refractivity contribution >= 4 is 38.5 Å². The monoisotopic (exact) mass is 272 g/mol. The Morgan fingerprint density at radius 2 is 2.57 bits per heavy atom. The van der Waals surface area contributed by atoms with Gasteiger partial charge in [0.25, 0.3) is 0 Å². The number of halogens is 2. The number of rotatable bonds is 0. The summed E-state index contributed by atoms with van der Waals surface area (Å²) in [5, 5.41) is 0. The minimum atomic E-state index is 0.789. The molecule has 0 atom stereocenters. The molecule has 0 fully saturated rings. The number of nitrogens with zero attached hydrogens (tertiary/aromatic N) is 1. The summed E-state index contributed by atoms with van der Waals surface area (Å²) in [6.07, 6.45) is 1.75. The fraction of sp³-hybridized carbons (Fsp3) is 0. The van der Waals surface area contributed by atoms with Crippen molar-refractivity contribution < 1.29 is 0 Å². The maximum Gasteiger partial charge on any atom is 0.175 e. The minimum Gasteiger partial charge on any atom is -0.328 e. The van der Waals surface area contributed by atoms with E-state index in [1.54, 1.807) is 6.20 Å². The predicted molar refractivity (Wildman–Crippen MR) is 39.0 cm³/mol. The van der Waals surface area contributed by atoms with Crippen LogP contribution in [-0.2, 0) is 0 Å². The van der Waals surface area contributed by atoms with Crippen LogP contribution in [-0.4, -0.2) is 9.97 Å². The van der Waals surface area contributed by atoms with E-state index in [0.717, 1.165) is 8.43 Å². The molecule has 1 N–H and O–H groups in total. The first-order valence-corrected chi connectivity index (χ1v) is 3.52. The quantitative estimate of drug-likeness (QED) is 0.717. The summed E-state index contributed by atoms with van der Waals surface area (Å²) < 4.78 is 1.83. The number of aromatic amines is 1. The van der Waals surface area contributed by atoms with Crippen LogP contribution in [0.4, 0.5) is 0 Å². The molecule has 0 radical (unpaired) electrons. The van der Waals surface area contributed by atoms with Gasteiger partial charge < -0.3 is 4.98 Å². The van der Waals surface area contributed by atoms with Crippen molar-refractivity contribution in [3.63, 3.8) is 0 Å². The van der Waals surface area contributed by atoms with Crippen LogP contribution in [0.3, 0.4) is 0 Å². The van der Waals surface area contributed by atoms with E-state index in [0.29, 0.717) is 0 Å². The van der Waals surface area contributed by atoms with E-state index >= 15 is 0 Å². The SMILES string of the molecule is Brc1ncc(I)[nH]1. The second-order valence-electron chi connectivity index (χ2n) is 1.02. The third kappa shape index (κ3) is 1.41. The van der Waals surface area contributed by atoms with Gasteiger partial charge in [-0.2, -0.15) is 0 Å². The lowest BCUT2D eigenvalue weighted by molar-refractivity contribution is 1.23. The first-order valence-electron chi connectivity index (χ1n) is 1.65. The molecule has 0 unspecified atom stereocenters. The zero-order valence-corrected chi connectivity index (χ0v) is 7.02. The predicted octanol–water partition coefficient (Wildman–Crippen LogP) is 1.78. The summed E-state index contributed by atoms with van der Waals surface area (Å²) >= 11 is 5.31. The van der Waals surface area contributed by atoms with Gasteiger partial charge in [0.1, 0.15) is 0 Å². The Bertz CT molecular complexity index is 145. The number of hydrogen-bond acceptors (Lipinski definition) is 1. The first kappa shape index (κ1) is 5.55. The van der Waals surface area contributed by atoms with Gasteiger partial charge in [-0.3, -0.25) is 0 Å². The van der Waals surface area contributed by atoms with Crippen LogP contribution in [0.1, 0.15) is 0 Å². The van der Waals surface area contributed by atoms with Crippen LogP contribution in [0.2, 0.25) is 0 Å². The smallest absolute Gasteiger partial charge is 0.175 e. The van der Waals surface area contributed by atoms with Crippen molar-refractivity contribution in [3.05, 3.63) is 14.6 Å². The fourth-order valence-corrected chi connectivity index (χ4v) is 1.36. The number of imidazole rings is 1. The number of aromatic nitrogens is 2. The average molecular weight is 273 g/mol. The summed E-state index contributed by atoms with van der Waals surface area (Å²) in [5.41, 5.74) is 0. The van der Waals surface area contributed by atoms with Crippen LogP contribution >= 0.6 is 38.5 Å². The van der Waals surface area contributed by atoms with E-state index in [1.807, 2.05) is 0 Å². The molecule has 2 nitrogen and oxygen atoms in total. The molecule has 7 heavy (non-hydrogen) atoms. The minimum absolute atomic E-state index is 0.789. The molecule has 1 aromatic rings. The van der Waals surface area contributed by atoms with Crippen molar-refractivity contribution in [2.24, 2.45) is 0 Å². The molecule has 4 heteroatoms. The van der Waals surface area contributed by atoms with E-state index < -0.39 is 0 Å². The van der Waals surface area contributed by atoms with Gasteiger partial charge in [-0.1, -0.05) is 0 Å². The number of nitrogens with one attached hydrogen (secondary N) is 1. The van der Waals surface area contributed by atoms with Gasteiger partial charge in [-0.25, -0.2) is 4.98 Å². The molecule has 1 aromatic heterocycles. The lowest BCUT2D eigenvalue weighted by Crippen LogP contribution is -1.62. The molecule has 0 spiro atoms. The summed E-state index contributed by atoms with van der Waals surface area (Å²) in [4.78, 5) is 6.80. The summed E-state index contributed by atoms with van der Waals surface area (Å²) in [7, 11) is 0. The van der Waals surface area contributed by atoms with Gasteiger partial charge in [0.05, 0.1) is 9.90 Å². The Balaban J connectivity index is 3.04. The number of hydrogen-bond donors (Lipinski definition) is 1. The molecule has 38 valence electrons. The third-order valence-corrected chi connectivity index (χ3v) is 1.47. The Labute approximate surface area is 63.0 Å². The van der Waals surface area contributed by atoms with Crippen LogP contribution in [0, 0.1) is 3.70 Å². The molecule has 0 amide bonds. The highest BCUT2D eigenvalue weighted by Crippen LogP contribution is 2.04. The van der Waals surface area contributed by atoms with Crippen LogP contribution in [0.15, 0.2) is 10.9 Å². The molecule has 0 aliphatic heterocycles. The van der Waals surface area contributed by atoms with E-state index in [4.69, 9.17) is 0 Å². The second-order valence-corrected chi connectivity index (χ2v) is 2.94. The largest absolute Gasteiger partial charge is 0.328 e. The molecule has 1 heterocycles. The van der Waals surface area contributed by atoms with Crippen molar-refractivity contribution in [1.29, 1.82) is 0 Å². The summed E-state index contributed by atoms with van der Waals surface area (Å²) in [6.45, 7) is 0. The lowest BCUT2D eigenvalue weighted by atomic mass is 11.0. The maximum atomic E-state index is 3.87. The molecule has 0 saturated carbocycles. The van der Waals surface area contributed by atoms with E-state index in [9.17, 15) is 0 Å². The normalized spacial score (nSPS) is 9.43. The van der Waals surface area contributed by atoms with E-state index in [1.165, 1.54) is 0 Å². The zero-order valence-electron chi connectivity index (χ0n) is 3.28. The van der Waals surface area contributed by atoms with Gasteiger partial charge in [-0.15, -0.1) is 0 Å². The standard InChI is InChI=1S/C3H2BrIN2/c4-3-6-1-2(5)7-3/h1H,(H,6,7). The highest BCUT2D eigenvalue weighted by Gasteiger charge is 1.87. The van der Waals surface area contributed by atoms with Crippen molar-refractivity contribution in [3.8, 4) is 0 Å². The Kier molecular flexibility index (Phi) is 1.69. The Morgan fingerprint density at radius 3 is 2.71 bits per heavy atom. The van der Waals surface area contributed by atoms with Crippen LogP contribution < -0.4 is 0 Å². The molecule has 0 aliphatic rings. The molecule has 0 saturated heterocycles. The third-order valence-electron chi connectivity index (χ3n) is 0.514. The maximum absolute atomic E-state index is 3.87. The van der Waals surface area contributed by atoms with Gasteiger partial charge in [0, 0.05) is 0 Å². The first-order chi connectivity index (χ1) is 3.29. The second kappa shape index (κ2) is 2.13.